The molecule has 2 atom stereocenters. The highest BCUT2D eigenvalue weighted by atomic mass is 32.1. The number of alkyl halides is 5. The van der Waals surface area contributed by atoms with E-state index in [1.807, 2.05) is 0 Å². The molecule has 0 fully saturated rings. The van der Waals surface area contributed by atoms with Crippen LogP contribution in [0.3, 0.4) is 0 Å². The average molecular weight is 531 g/mol. The number of aliphatic hydroxyl groups is 1. The first kappa shape index (κ1) is 26.0. The fraction of sp³-hybridized carbons (Fsp3) is 0.391. The van der Waals surface area contributed by atoms with Gasteiger partial charge < -0.3 is 20.2 Å². The number of aromatic amines is 1. The summed E-state index contributed by atoms with van der Waals surface area (Å²) in [5, 5.41) is 9.53. The number of thiazole rings is 1. The van der Waals surface area contributed by atoms with E-state index in [2.05, 4.69) is 9.97 Å². The zero-order valence-corrected chi connectivity index (χ0v) is 19.8. The summed E-state index contributed by atoms with van der Waals surface area (Å²) in [7, 11) is 1.62. The number of aromatic nitrogens is 2. The molecule has 4 rings (SSSR count). The Morgan fingerprint density at radius 2 is 1.97 bits per heavy atom. The van der Waals surface area contributed by atoms with Gasteiger partial charge in [0, 0.05) is 36.9 Å². The molecule has 0 aliphatic heterocycles. The van der Waals surface area contributed by atoms with E-state index in [-0.39, 0.29) is 29.4 Å². The fourth-order valence-corrected chi connectivity index (χ4v) is 5.19. The van der Waals surface area contributed by atoms with Gasteiger partial charge in [-0.2, -0.15) is 22.0 Å². The van der Waals surface area contributed by atoms with E-state index in [0.29, 0.717) is 17.0 Å². The van der Waals surface area contributed by atoms with Gasteiger partial charge in [-0.25, -0.2) is 9.78 Å². The van der Waals surface area contributed by atoms with E-state index in [4.69, 9.17) is 10.2 Å². The Bertz CT molecular complexity index is 1300. The molecule has 3 aromatic rings. The van der Waals surface area contributed by atoms with Gasteiger partial charge in [0.15, 0.2) is 5.13 Å². The van der Waals surface area contributed by atoms with Crippen LogP contribution >= 0.6 is 11.3 Å². The molecule has 194 valence electrons. The van der Waals surface area contributed by atoms with Gasteiger partial charge in [0.25, 0.3) is 0 Å². The average Bonchev–Trinajstić information content (AvgIpc) is 3.42. The number of benzene rings is 1. The van der Waals surface area contributed by atoms with Gasteiger partial charge in [-0.15, -0.1) is 11.3 Å². The molecule has 4 N–H and O–H groups in total. The topological polar surface area (TPSA) is 108 Å². The Kier molecular flexibility index (Phi) is 7.08. The quantitative estimate of drug-likeness (QED) is 0.382. The van der Waals surface area contributed by atoms with Gasteiger partial charge in [-0.05, 0) is 30.2 Å². The molecule has 2 aromatic heterocycles. The number of rotatable bonds is 8. The second-order valence-corrected chi connectivity index (χ2v) is 9.64. The molecule has 0 bridgehead atoms. The minimum absolute atomic E-state index is 0.165. The highest BCUT2D eigenvalue weighted by Gasteiger charge is 2.40. The summed E-state index contributed by atoms with van der Waals surface area (Å²) in [5.41, 5.74) is 5.95. The zero-order chi connectivity index (χ0) is 26.3. The van der Waals surface area contributed by atoms with Crippen molar-refractivity contribution in [2.24, 2.45) is 5.73 Å². The Morgan fingerprint density at radius 1 is 1.28 bits per heavy atom. The SMILES string of the molecule is CN(C[C@@H](N)Cc1ccc(C(F)(F)F)cc1)c1nc(C(F)(F)CO)c(C2C=Cc3[nH]c(=O)oc3C2)s1. The minimum Gasteiger partial charge on any atom is -0.412 e. The fourth-order valence-electron chi connectivity index (χ4n) is 4.02. The van der Waals surface area contributed by atoms with Crippen LogP contribution in [0.1, 0.15) is 39.1 Å². The summed E-state index contributed by atoms with van der Waals surface area (Å²) in [6.07, 6.45) is -0.755. The molecule has 0 amide bonds. The summed E-state index contributed by atoms with van der Waals surface area (Å²) in [6.45, 7) is -1.24. The standard InChI is InChI=1S/C23H23F5N4O3S/c1-32(10-15(29)8-12-2-5-14(6-3-12)23(26,27)28)20-31-19(22(24,25)11-33)18(36-20)13-4-7-16-17(9-13)35-21(34)30-16/h2-7,13,15,33H,8-11,29H2,1H3,(H,30,34)/t13?,15-/m0/s1. The van der Waals surface area contributed by atoms with Crippen molar-refractivity contribution in [3.05, 3.63) is 74.0 Å². The van der Waals surface area contributed by atoms with E-state index < -0.39 is 47.7 Å². The van der Waals surface area contributed by atoms with Crippen LogP contribution in [0.5, 0.6) is 0 Å². The number of oxazole rings is 1. The summed E-state index contributed by atoms with van der Waals surface area (Å²) in [4.78, 5) is 19.9. The van der Waals surface area contributed by atoms with E-state index >= 15 is 0 Å². The molecule has 1 aliphatic rings. The zero-order valence-electron chi connectivity index (χ0n) is 19.0. The molecule has 2 heterocycles. The van der Waals surface area contributed by atoms with E-state index in [0.717, 1.165) is 23.5 Å². The van der Waals surface area contributed by atoms with Gasteiger partial charge in [-0.3, -0.25) is 4.98 Å². The first-order valence-electron chi connectivity index (χ1n) is 10.9. The number of halogens is 5. The first-order valence-corrected chi connectivity index (χ1v) is 11.7. The number of anilines is 1. The summed E-state index contributed by atoms with van der Waals surface area (Å²) in [5.74, 6) is -4.45. The molecule has 0 radical (unpaired) electrons. The van der Waals surface area contributed by atoms with Gasteiger partial charge in [-0.1, -0.05) is 18.2 Å². The Labute approximate surface area is 206 Å². The van der Waals surface area contributed by atoms with Crippen molar-refractivity contribution in [3.8, 4) is 0 Å². The molecule has 36 heavy (non-hydrogen) atoms. The maximum absolute atomic E-state index is 14.6. The normalized spacial score (nSPS) is 16.7. The lowest BCUT2D eigenvalue weighted by Crippen LogP contribution is -2.37. The monoisotopic (exact) mass is 530 g/mol. The highest BCUT2D eigenvalue weighted by molar-refractivity contribution is 7.15. The van der Waals surface area contributed by atoms with Crippen LogP contribution < -0.4 is 16.4 Å². The van der Waals surface area contributed by atoms with Crippen molar-refractivity contribution in [2.45, 2.75) is 36.9 Å². The van der Waals surface area contributed by atoms with Crippen molar-refractivity contribution < 1.29 is 31.5 Å². The van der Waals surface area contributed by atoms with E-state index in [1.54, 1.807) is 24.1 Å². The molecular formula is C23H23F5N4O3S. The first-order chi connectivity index (χ1) is 16.9. The van der Waals surface area contributed by atoms with Crippen molar-refractivity contribution in [1.29, 1.82) is 0 Å². The predicted molar refractivity (Wildman–Crippen MR) is 124 cm³/mol. The third kappa shape index (κ3) is 5.52. The van der Waals surface area contributed by atoms with E-state index in [9.17, 15) is 31.9 Å². The third-order valence-electron chi connectivity index (χ3n) is 5.79. The molecule has 7 nitrogen and oxygen atoms in total. The Morgan fingerprint density at radius 3 is 2.61 bits per heavy atom. The second-order valence-electron chi connectivity index (χ2n) is 8.63. The van der Waals surface area contributed by atoms with Crippen LogP contribution in [-0.2, 0) is 24.9 Å². The number of likely N-dealkylation sites (N-methyl/N-ethyl adjacent to an activating group) is 1. The molecule has 13 heteroatoms. The van der Waals surface area contributed by atoms with Crippen LogP contribution in [-0.4, -0.2) is 41.3 Å². The number of hydrogen-bond donors (Lipinski definition) is 3. The number of hydrogen-bond acceptors (Lipinski definition) is 7. The molecule has 0 saturated carbocycles. The van der Waals surface area contributed by atoms with Crippen molar-refractivity contribution >= 4 is 22.5 Å². The summed E-state index contributed by atoms with van der Waals surface area (Å²) in [6, 6.07) is 4.16. The Balaban J connectivity index is 1.52. The molecule has 1 aromatic carbocycles. The lowest BCUT2D eigenvalue weighted by atomic mass is 9.93. The molecule has 1 aliphatic carbocycles. The molecule has 1 unspecified atom stereocenters. The number of H-pyrrole nitrogens is 1. The maximum atomic E-state index is 14.6. The summed E-state index contributed by atoms with van der Waals surface area (Å²) < 4.78 is 72.6. The minimum atomic E-state index is -4.43. The number of nitrogens with zero attached hydrogens (tertiary/aromatic N) is 2. The highest BCUT2D eigenvalue weighted by Crippen LogP contribution is 2.42. The van der Waals surface area contributed by atoms with E-state index in [1.165, 1.54) is 12.1 Å². The van der Waals surface area contributed by atoms with Crippen molar-refractivity contribution in [3.63, 3.8) is 0 Å². The van der Waals surface area contributed by atoms with Crippen LogP contribution in [0.2, 0.25) is 0 Å². The van der Waals surface area contributed by atoms with Crippen molar-refractivity contribution in [1.82, 2.24) is 9.97 Å². The molecule has 0 saturated heterocycles. The largest absolute Gasteiger partial charge is 0.416 e. The van der Waals surface area contributed by atoms with Crippen LogP contribution in [0.15, 0.2) is 39.6 Å². The smallest absolute Gasteiger partial charge is 0.412 e. The van der Waals surface area contributed by atoms with Gasteiger partial charge >= 0.3 is 17.9 Å². The molecule has 0 spiro atoms. The van der Waals surface area contributed by atoms with Gasteiger partial charge in [0.2, 0.25) is 0 Å². The Hall–Kier alpha value is -3.03. The lowest BCUT2D eigenvalue weighted by Gasteiger charge is -2.21. The number of fused-ring (bicyclic) bond motifs is 1. The number of aliphatic hydroxyl groups excluding tert-OH is 1. The maximum Gasteiger partial charge on any atom is 0.416 e. The van der Waals surface area contributed by atoms with Gasteiger partial charge in [0.1, 0.15) is 18.1 Å². The van der Waals surface area contributed by atoms with Crippen LogP contribution in [0, 0.1) is 0 Å². The van der Waals surface area contributed by atoms with Crippen LogP contribution in [0.25, 0.3) is 6.08 Å². The number of nitrogens with two attached hydrogens (primary N) is 1. The second kappa shape index (κ2) is 9.79. The lowest BCUT2D eigenvalue weighted by molar-refractivity contribution is -0.137. The van der Waals surface area contributed by atoms with Gasteiger partial charge in [0.05, 0.1) is 11.3 Å². The van der Waals surface area contributed by atoms with Crippen LogP contribution in [0.4, 0.5) is 27.1 Å². The molecular weight excluding hydrogens is 507 g/mol. The number of allylic oxidation sites excluding steroid dienone is 1. The van der Waals surface area contributed by atoms with Crippen molar-refractivity contribution in [2.75, 3.05) is 25.1 Å². The number of nitrogens with one attached hydrogen (secondary N) is 1. The predicted octanol–water partition coefficient (Wildman–Crippen LogP) is 3.89. The third-order valence-corrected chi connectivity index (χ3v) is 7.09. The summed E-state index contributed by atoms with van der Waals surface area (Å²) >= 11 is 1.01.